The number of amides is 1. The SMILES string of the molecule is O=C(CCCCl)Nc1ccccc1-c1ccccc1. The summed E-state index contributed by atoms with van der Waals surface area (Å²) in [6, 6.07) is 17.8. The Morgan fingerprint density at radius 2 is 1.68 bits per heavy atom. The molecule has 0 radical (unpaired) electrons. The fourth-order valence-corrected chi connectivity index (χ4v) is 2.04. The molecule has 19 heavy (non-hydrogen) atoms. The van der Waals surface area contributed by atoms with E-state index in [0.29, 0.717) is 18.7 Å². The number of carbonyl (C=O) groups excluding carboxylic acids is 1. The summed E-state index contributed by atoms with van der Waals surface area (Å²) in [4.78, 5) is 11.8. The largest absolute Gasteiger partial charge is 0.326 e. The summed E-state index contributed by atoms with van der Waals surface area (Å²) >= 11 is 5.60. The Balaban J connectivity index is 2.20. The molecule has 2 rings (SSSR count). The Bertz CT molecular complexity index is 539. The minimum Gasteiger partial charge on any atom is -0.326 e. The van der Waals surface area contributed by atoms with Crippen molar-refractivity contribution in [3.8, 4) is 11.1 Å². The van der Waals surface area contributed by atoms with Gasteiger partial charge in [0.05, 0.1) is 0 Å². The van der Waals surface area contributed by atoms with Crippen LogP contribution in [0.3, 0.4) is 0 Å². The molecule has 2 aromatic carbocycles. The van der Waals surface area contributed by atoms with Crippen LogP contribution in [0.4, 0.5) is 5.69 Å². The minimum atomic E-state index is 0.00373. The van der Waals surface area contributed by atoms with Crippen molar-refractivity contribution in [3.63, 3.8) is 0 Å². The Morgan fingerprint density at radius 1 is 1.00 bits per heavy atom. The van der Waals surface area contributed by atoms with Crippen LogP contribution in [0.1, 0.15) is 12.8 Å². The standard InChI is InChI=1S/C16H16ClNO/c17-12-6-11-16(19)18-15-10-5-4-9-14(15)13-7-2-1-3-8-13/h1-5,7-10H,6,11-12H2,(H,18,19). The maximum absolute atomic E-state index is 11.8. The predicted octanol–water partition coefficient (Wildman–Crippen LogP) is 4.31. The summed E-state index contributed by atoms with van der Waals surface area (Å²) in [5, 5.41) is 2.95. The molecule has 0 bridgehead atoms. The van der Waals surface area contributed by atoms with Gasteiger partial charge < -0.3 is 5.32 Å². The van der Waals surface area contributed by atoms with Crippen LogP contribution in [0.5, 0.6) is 0 Å². The maximum atomic E-state index is 11.8. The van der Waals surface area contributed by atoms with Gasteiger partial charge in [0.2, 0.25) is 5.91 Å². The van der Waals surface area contributed by atoms with Crippen LogP contribution in [-0.4, -0.2) is 11.8 Å². The molecule has 0 heterocycles. The van der Waals surface area contributed by atoms with Gasteiger partial charge in [0.1, 0.15) is 0 Å². The summed E-state index contributed by atoms with van der Waals surface area (Å²) in [7, 11) is 0. The number of rotatable bonds is 5. The zero-order valence-corrected chi connectivity index (χ0v) is 11.4. The number of hydrogen-bond donors (Lipinski definition) is 1. The first-order valence-corrected chi connectivity index (χ1v) is 6.85. The number of carbonyl (C=O) groups is 1. The molecule has 2 nitrogen and oxygen atoms in total. The number of alkyl halides is 1. The van der Waals surface area contributed by atoms with E-state index in [1.807, 2.05) is 54.6 Å². The van der Waals surface area contributed by atoms with Crippen molar-refractivity contribution < 1.29 is 4.79 Å². The monoisotopic (exact) mass is 273 g/mol. The van der Waals surface area contributed by atoms with Gasteiger partial charge in [-0.2, -0.15) is 0 Å². The number of para-hydroxylation sites is 1. The third-order valence-electron chi connectivity index (χ3n) is 2.82. The van der Waals surface area contributed by atoms with Gasteiger partial charge in [-0.3, -0.25) is 4.79 Å². The van der Waals surface area contributed by atoms with Crippen molar-refractivity contribution >= 4 is 23.2 Å². The lowest BCUT2D eigenvalue weighted by molar-refractivity contribution is -0.116. The molecule has 0 fully saturated rings. The van der Waals surface area contributed by atoms with Crippen molar-refractivity contribution in [2.75, 3.05) is 11.2 Å². The highest BCUT2D eigenvalue weighted by atomic mass is 35.5. The van der Waals surface area contributed by atoms with E-state index in [0.717, 1.165) is 16.8 Å². The van der Waals surface area contributed by atoms with Gasteiger partial charge in [0.25, 0.3) is 0 Å². The first kappa shape index (κ1) is 13.6. The van der Waals surface area contributed by atoms with E-state index in [1.165, 1.54) is 0 Å². The van der Waals surface area contributed by atoms with Crippen molar-refractivity contribution in [2.24, 2.45) is 0 Å². The molecule has 3 heteroatoms. The summed E-state index contributed by atoms with van der Waals surface area (Å²) < 4.78 is 0. The van der Waals surface area contributed by atoms with Crippen LogP contribution in [0.2, 0.25) is 0 Å². The molecule has 98 valence electrons. The molecular formula is C16H16ClNO. The third kappa shape index (κ3) is 3.83. The van der Waals surface area contributed by atoms with Gasteiger partial charge in [-0.1, -0.05) is 48.5 Å². The van der Waals surface area contributed by atoms with E-state index >= 15 is 0 Å². The highest BCUT2D eigenvalue weighted by Gasteiger charge is 2.07. The summed E-state index contributed by atoms with van der Waals surface area (Å²) in [5.74, 6) is 0.511. The first-order valence-electron chi connectivity index (χ1n) is 6.31. The van der Waals surface area contributed by atoms with Crippen LogP contribution in [0.25, 0.3) is 11.1 Å². The van der Waals surface area contributed by atoms with Crippen LogP contribution < -0.4 is 5.32 Å². The fraction of sp³-hybridized carbons (Fsp3) is 0.188. The predicted molar refractivity (Wildman–Crippen MR) is 80.5 cm³/mol. The molecule has 0 spiro atoms. The Labute approximate surface area is 118 Å². The normalized spacial score (nSPS) is 10.2. The lowest BCUT2D eigenvalue weighted by Gasteiger charge is -2.11. The van der Waals surface area contributed by atoms with Crippen molar-refractivity contribution in [2.45, 2.75) is 12.8 Å². The van der Waals surface area contributed by atoms with E-state index in [2.05, 4.69) is 5.32 Å². The second-order valence-corrected chi connectivity index (χ2v) is 4.63. The highest BCUT2D eigenvalue weighted by Crippen LogP contribution is 2.27. The van der Waals surface area contributed by atoms with Crippen LogP contribution in [-0.2, 0) is 4.79 Å². The molecule has 0 unspecified atom stereocenters. The van der Waals surface area contributed by atoms with Crippen molar-refractivity contribution in [3.05, 3.63) is 54.6 Å². The molecular weight excluding hydrogens is 258 g/mol. The second-order valence-electron chi connectivity index (χ2n) is 4.25. The zero-order valence-electron chi connectivity index (χ0n) is 10.6. The van der Waals surface area contributed by atoms with E-state index < -0.39 is 0 Å². The van der Waals surface area contributed by atoms with E-state index in [9.17, 15) is 4.79 Å². The topological polar surface area (TPSA) is 29.1 Å². The van der Waals surface area contributed by atoms with Gasteiger partial charge in [-0.25, -0.2) is 0 Å². The summed E-state index contributed by atoms with van der Waals surface area (Å²) in [6.45, 7) is 0. The van der Waals surface area contributed by atoms with Crippen LogP contribution in [0, 0.1) is 0 Å². The first-order chi connectivity index (χ1) is 9.31. The summed E-state index contributed by atoms with van der Waals surface area (Å²) in [5.41, 5.74) is 2.96. The molecule has 0 aliphatic heterocycles. The lowest BCUT2D eigenvalue weighted by atomic mass is 10.0. The number of hydrogen-bond acceptors (Lipinski definition) is 1. The highest BCUT2D eigenvalue weighted by molar-refractivity contribution is 6.18. The zero-order chi connectivity index (χ0) is 13.5. The van der Waals surface area contributed by atoms with Crippen LogP contribution in [0.15, 0.2) is 54.6 Å². The fourth-order valence-electron chi connectivity index (χ4n) is 1.90. The number of nitrogens with one attached hydrogen (secondary N) is 1. The average Bonchev–Trinajstić information content (AvgIpc) is 2.46. The molecule has 0 aromatic heterocycles. The number of halogens is 1. The molecule has 0 aliphatic rings. The molecule has 2 aromatic rings. The van der Waals surface area contributed by atoms with E-state index in [1.54, 1.807) is 0 Å². The molecule has 0 saturated heterocycles. The van der Waals surface area contributed by atoms with Gasteiger partial charge in [0.15, 0.2) is 0 Å². The average molecular weight is 274 g/mol. The lowest BCUT2D eigenvalue weighted by Crippen LogP contribution is -2.12. The summed E-state index contributed by atoms with van der Waals surface area (Å²) in [6.07, 6.45) is 1.15. The third-order valence-corrected chi connectivity index (χ3v) is 3.09. The van der Waals surface area contributed by atoms with E-state index in [4.69, 9.17) is 11.6 Å². The molecule has 0 saturated carbocycles. The number of anilines is 1. The van der Waals surface area contributed by atoms with Gasteiger partial charge in [-0.15, -0.1) is 11.6 Å². The van der Waals surface area contributed by atoms with Crippen molar-refractivity contribution in [1.29, 1.82) is 0 Å². The Kier molecular flexibility index (Phi) is 4.99. The van der Waals surface area contributed by atoms with Gasteiger partial charge >= 0.3 is 0 Å². The van der Waals surface area contributed by atoms with E-state index in [-0.39, 0.29) is 5.91 Å². The smallest absolute Gasteiger partial charge is 0.224 e. The van der Waals surface area contributed by atoms with Crippen LogP contribution >= 0.6 is 11.6 Å². The minimum absolute atomic E-state index is 0.00373. The molecule has 1 amide bonds. The quantitative estimate of drug-likeness (QED) is 0.808. The second kappa shape index (κ2) is 6.95. The Morgan fingerprint density at radius 3 is 2.42 bits per heavy atom. The molecule has 1 N–H and O–H groups in total. The number of benzene rings is 2. The van der Waals surface area contributed by atoms with Gasteiger partial charge in [0, 0.05) is 23.6 Å². The van der Waals surface area contributed by atoms with Crippen molar-refractivity contribution in [1.82, 2.24) is 0 Å². The molecule has 0 aliphatic carbocycles. The maximum Gasteiger partial charge on any atom is 0.224 e. The Hall–Kier alpha value is -1.80. The molecule has 0 atom stereocenters. The van der Waals surface area contributed by atoms with Gasteiger partial charge in [-0.05, 0) is 18.1 Å².